The molecule has 104 valence electrons. The molecule has 0 aliphatic carbocycles. The first-order chi connectivity index (χ1) is 8.06. The van der Waals surface area contributed by atoms with E-state index in [1.807, 2.05) is 0 Å². The molecule has 0 rings (SSSR count). The van der Waals surface area contributed by atoms with Gasteiger partial charge in [-0.05, 0) is 6.42 Å². The van der Waals surface area contributed by atoms with E-state index >= 15 is 0 Å². The molecule has 0 saturated heterocycles. The van der Waals surface area contributed by atoms with Gasteiger partial charge in [0.05, 0.1) is 6.61 Å². The van der Waals surface area contributed by atoms with E-state index in [0.717, 1.165) is 12.8 Å². The minimum Gasteiger partial charge on any atom is -0.756 e. The number of hydrogen-bond acceptors (Lipinski definition) is 3. The molecule has 0 fully saturated rings. The van der Waals surface area contributed by atoms with Gasteiger partial charge in [0.2, 0.25) is 0 Å². The zero-order valence-corrected chi connectivity index (χ0v) is 15.9. The van der Waals surface area contributed by atoms with E-state index < -0.39 is 7.82 Å². The summed E-state index contributed by atoms with van der Waals surface area (Å²) in [5, 5.41) is 0. The Labute approximate surface area is 154 Å². The topological polar surface area (TPSA) is 69.6 Å². The van der Waals surface area contributed by atoms with Crippen molar-refractivity contribution in [3.05, 3.63) is 0 Å². The molecule has 0 bridgehead atoms. The first-order valence-corrected chi connectivity index (χ1v) is 8.24. The third-order valence-electron chi connectivity index (χ3n) is 2.75. The molecule has 0 amide bonds. The van der Waals surface area contributed by atoms with Crippen molar-refractivity contribution in [2.45, 2.75) is 71.1 Å². The summed E-state index contributed by atoms with van der Waals surface area (Å²) in [6, 6.07) is 0. The number of hydrogen-bond donors (Lipinski definition) is 1. The van der Waals surface area contributed by atoms with E-state index in [1.54, 1.807) is 0 Å². The van der Waals surface area contributed by atoms with Gasteiger partial charge in [-0.2, -0.15) is 0 Å². The second-order valence-electron chi connectivity index (χ2n) is 4.48. The Morgan fingerprint density at radius 1 is 0.944 bits per heavy atom. The van der Waals surface area contributed by atoms with E-state index in [2.05, 4.69) is 11.4 Å². The van der Waals surface area contributed by atoms with Crippen LogP contribution in [-0.4, -0.2) is 11.5 Å². The fraction of sp³-hybridized carbons (Fsp3) is 1.00. The van der Waals surface area contributed by atoms with E-state index in [0.29, 0.717) is 6.42 Å². The predicted molar refractivity (Wildman–Crippen MR) is 67.6 cm³/mol. The Hall–Kier alpha value is 1.75. The average Bonchev–Trinajstić information content (AvgIpc) is 2.24. The van der Waals surface area contributed by atoms with Crippen LogP contribution in [0.1, 0.15) is 71.1 Å². The van der Waals surface area contributed by atoms with Gasteiger partial charge in [-0.25, -0.2) is 0 Å². The Morgan fingerprint density at radius 3 is 1.72 bits per heavy atom. The van der Waals surface area contributed by atoms with Crippen LogP contribution in [0, 0.1) is 0 Å². The van der Waals surface area contributed by atoms with Gasteiger partial charge >= 0.3 is 51.4 Å². The number of phosphoric acid groups is 1. The zero-order chi connectivity index (χ0) is 13.0. The van der Waals surface area contributed by atoms with Crippen LogP contribution in [0.25, 0.3) is 0 Å². The molecule has 0 aliphatic heterocycles. The SMILES string of the molecule is CCCCCCCCCCCCOP(=O)([O-])O.[K+]. The monoisotopic (exact) mass is 304 g/mol. The van der Waals surface area contributed by atoms with Gasteiger partial charge in [0.1, 0.15) is 0 Å². The van der Waals surface area contributed by atoms with Crippen molar-refractivity contribution >= 4 is 7.82 Å². The molecule has 0 aromatic heterocycles. The number of unbranched alkanes of at least 4 members (excludes halogenated alkanes) is 9. The van der Waals surface area contributed by atoms with Crippen molar-refractivity contribution in [3.63, 3.8) is 0 Å². The molecule has 4 nitrogen and oxygen atoms in total. The summed E-state index contributed by atoms with van der Waals surface area (Å²) in [7, 11) is -4.49. The molecule has 1 N–H and O–H groups in total. The van der Waals surface area contributed by atoms with Crippen LogP contribution in [0.3, 0.4) is 0 Å². The smallest absolute Gasteiger partial charge is 0.756 e. The summed E-state index contributed by atoms with van der Waals surface area (Å²) in [5.41, 5.74) is 0. The maximum Gasteiger partial charge on any atom is 1.00 e. The molecule has 0 heterocycles. The van der Waals surface area contributed by atoms with Gasteiger partial charge in [-0.15, -0.1) is 0 Å². The normalized spacial score (nSPS) is 13.9. The van der Waals surface area contributed by atoms with Gasteiger partial charge in [0.15, 0.2) is 0 Å². The first kappa shape index (κ1) is 22.0. The molecule has 0 aliphatic rings. The van der Waals surface area contributed by atoms with Crippen LogP contribution in [0.4, 0.5) is 0 Å². The van der Waals surface area contributed by atoms with Gasteiger partial charge < -0.3 is 14.3 Å². The molecule has 0 spiro atoms. The minimum absolute atomic E-state index is 0. The molecule has 0 saturated carbocycles. The van der Waals surface area contributed by atoms with Crippen LogP contribution in [0.5, 0.6) is 0 Å². The maximum absolute atomic E-state index is 10.3. The van der Waals surface area contributed by atoms with E-state index in [-0.39, 0.29) is 58.0 Å². The van der Waals surface area contributed by atoms with E-state index in [1.165, 1.54) is 44.9 Å². The van der Waals surface area contributed by atoms with Crippen molar-refractivity contribution in [2.75, 3.05) is 6.61 Å². The second kappa shape index (κ2) is 15.1. The van der Waals surface area contributed by atoms with Crippen molar-refractivity contribution in [1.29, 1.82) is 0 Å². The maximum atomic E-state index is 10.3. The van der Waals surface area contributed by atoms with Gasteiger partial charge in [0, 0.05) is 0 Å². The molecule has 1 atom stereocenters. The van der Waals surface area contributed by atoms with Crippen molar-refractivity contribution in [2.24, 2.45) is 0 Å². The van der Waals surface area contributed by atoms with Gasteiger partial charge in [-0.3, -0.25) is 4.57 Å². The fourth-order valence-electron chi connectivity index (χ4n) is 1.77. The second-order valence-corrected chi connectivity index (χ2v) is 5.68. The molecule has 1 unspecified atom stereocenters. The zero-order valence-electron chi connectivity index (χ0n) is 11.9. The third kappa shape index (κ3) is 20.1. The summed E-state index contributed by atoms with van der Waals surface area (Å²) < 4.78 is 14.5. The molecular formula is C12H26KO4P. The molecule has 0 aromatic carbocycles. The van der Waals surface area contributed by atoms with Crippen LogP contribution in [-0.2, 0) is 9.09 Å². The van der Waals surface area contributed by atoms with E-state index in [4.69, 9.17) is 4.89 Å². The van der Waals surface area contributed by atoms with Crippen LogP contribution >= 0.6 is 7.82 Å². The van der Waals surface area contributed by atoms with Gasteiger partial charge in [0.25, 0.3) is 7.82 Å². The first-order valence-electron chi connectivity index (χ1n) is 6.74. The standard InChI is InChI=1S/C12H27O4P.K/c1-2-3-4-5-6-7-8-9-10-11-12-16-17(13,14)15;/h2-12H2,1H3,(H2,13,14,15);/q;+1/p-1. The summed E-state index contributed by atoms with van der Waals surface area (Å²) in [5.74, 6) is 0. The Kier molecular flexibility index (Phi) is 18.5. The van der Waals surface area contributed by atoms with Crippen LogP contribution in [0.15, 0.2) is 0 Å². The van der Waals surface area contributed by atoms with Crippen molar-refractivity contribution in [1.82, 2.24) is 0 Å². The minimum atomic E-state index is -4.49. The van der Waals surface area contributed by atoms with E-state index in [9.17, 15) is 9.46 Å². The van der Waals surface area contributed by atoms with Crippen LogP contribution < -0.4 is 56.3 Å². The van der Waals surface area contributed by atoms with Gasteiger partial charge in [-0.1, -0.05) is 64.7 Å². The summed E-state index contributed by atoms with van der Waals surface area (Å²) >= 11 is 0. The van der Waals surface area contributed by atoms with Crippen molar-refractivity contribution < 1.29 is 70.3 Å². The largest absolute Gasteiger partial charge is 1.00 e. The average molecular weight is 304 g/mol. The predicted octanol–water partition coefficient (Wildman–Crippen LogP) is 0.389. The number of rotatable bonds is 12. The molecule has 18 heavy (non-hydrogen) atoms. The number of phosphoric ester groups is 1. The molecule has 0 radical (unpaired) electrons. The fourth-order valence-corrected chi connectivity index (χ4v) is 2.13. The molecular weight excluding hydrogens is 278 g/mol. The summed E-state index contributed by atoms with van der Waals surface area (Å²) in [4.78, 5) is 18.6. The third-order valence-corrected chi connectivity index (χ3v) is 3.26. The Balaban J connectivity index is 0. The Bertz CT molecular complexity index is 208. The molecule has 6 heteroatoms. The molecule has 0 aromatic rings. The van der Waals surface area contributed by atoms with Crippen LogP contribution in [0.2, 0.25) is 0 Å². The Morgan fingerprint density at radius 2 is 1.33 bits per heavy atom. The summed E-state index contributed by atoms with van der Waals surface area (Å²) in [6.45, 7) is 2.32. The van der Waals surface area contributed by atoms with Crippen molar-refractivity contribution in [3.8, 4) is 0 Å². The quantitative estimate of drug-likeness (QED) is 0.322. The summed E-state index contributed by atoms with van der Waals surface area (Å²) in [6.07, 6.45) is 11.9.